The second-order valence-corrected chi connectivity index (χ2v) is 2.07. The molecule has 0 spiro atoms. The molecule has 0 aliphatic rings. The normalized spacial score (nSPS) is 11.5. The Hall–Kier alpha value is -1.23. The van der Waals surface area contributed by atoms with Crippen LogP contribution in [0.1, 0.15) is 0 Å². The first-order valence-electron chi connectivity index (χ1n) is 2.83. The average molecular weight is 262 g/mol. The Morgan fingerprint density at radius 3 is 1.38 bits per heavy atom. The third-order valence-electron chi connectivity index (χ3n) is 1.05. The van der Waals surface area contributed by atoms with E-state index in [0.29, 0.717) is 0 Å². The lowest BCUT2D eigenvalue weighted by Crippen LogP contribution is -2.48. The van der Waals surface area contributed by atoms with Gasteiger partial charge in [-0.3, -0.25) is 9.59 Å². The van der Waals surface area contributed by atoms with Crippen LogP contribution >= 0.6 is 0 Å². The smallest absolute Gasteiger partial charge is 0.412 e. The van der Waals surface area contributed by atoms with Gasteiger partial charge in [0.25, 0.3) is 5.78 Å². The molecule has 0 aromatic rings. The molecule has 0 heterocycles. The number of rotatable bonds is 3. The molecule has 0 rings (SSSR count). The average Bonchev–Trinajstić information content (AvgIpc) is 1.99. The van der Waals surface area contributed by atoms with Crippen molar-refractivity contribution in [3.63, 3.8) is 0 Å². The zero-order valence-corrected chi connectivity index (χ0v) is 7.04. The second-order valence-electron chi connectivity index (χ2n) is 2.07. The fraction of sp³-hybridized carbons (Fsp3) is 0.600. The zero-order chi connectivity index (χ0) is 11.7. The quantitative estimate of drug-likeness (QED) is 0.525. The van der Waals surface area contributed by atoms with Gasteiger partial charge < -0.3 is 11.0 Å². The van der Waals surface area contributed by atoms with Crippen molar-refractivity contribution < 1.29 is 51.3 Å². The van der Waals surface area contributed by atoms with Gasteiger partial charge in [0, 0.05) is 0 Å². The Kier molecular flexibility index (Phi) is 7.26. The van der Waals surface area contributed by atoms with Gasteiger partial charge >= 0.3 is 24.3 Å². The highest BCUT2D eigenvalue weighted by Crippen LogP contribution is 2.29. The SMILES string of the molecule is O.O.O=C(C(F)F)C(F)(F)C(=O)C(F)(F)F. The van der Waals surface area contributed by atoms with Gasteiger partial charge in [-0.05, 0) is 0 Å². The third-order valence-corrected chi connectivity index (χ3v) is 1.05. The van der Waals surface area contributed by atoms with Gasteiger partial charge in [-0.1, -0.05) is 0 Å². The van der Waals surface area contributed by atoms with Crippen LogP contribution in [0.5, 0.6) is 0 Å². The number of carbonyl (C=O) groups excluding carboxylic acids is 2. The summed E-state index contributed by atoms with van der Waals surface area (Å²) in [5.74, 6) is -12.9. The van der Waals surface area contributed by atoms with Crippen molar-refractivity contribution in [1.29, 1.82) is 0 Å². The molecule has 11 heteroatoms. The molecular weight excluding hydrogens is 257 g/mol. The highest BCUT2D eigenvalue weighted by Gasteiger charge is 2.61. The molecule has 0 radical (unpaired) electrons. The summed E-state index contributed by atoms with van der Waals surface area (Å²) in [6.45, 7) is 0. The highest BCUT2D eigenvalue weighted by atomic mass is 19.4. The number of halogens is 7. The van der Waals surface area contributed by atoms with Crippen LogP contribution < -0.4 is 0 Å². The van der Waals surface area contributed by atoms with Gasteiger partial charge in [-0.15, -0.1) is 0 Å². The summed E-state index contributed by atoms with van der Waals surface area (Å²) in [6, 6.07) is 0. The molecular formula is C5H5F7O4. The molecule has 0 aromatic carbocycles. The van der Waals surface area contributed by atoms with Gasteiger partial charge in [-0.25, -0.2) is 8.78 Å². The Labute approximate surface area is 82.6 Å². The molecule has 98 valence electrons. The Morgan fingerprint density at radius 2 is 1.19 bits per heavy atom. The Bertz CT molecular complexity index is 258. The first kappa shape index (κ1) is 20.2. The third kappa shape index (κ3) is 4.10. The van der Waals surface area contributed by atoms with E-state index in [1.807, 2.05) is 0 Å². The molecule has 0 saturated heterocycles. The fourth-order valence-corrected chi connectivity index (χ4v) is 0.427. The first-order chi connectivity index (χ1) is 6.01. The molecule has 4 N–H and O–H groups in total. The molecule has 16 heavy (non-hydrogen) atoms. The minimum Gasteiger partial charge on any atom is -0.412 e. The van der Waals surface area contributed by atoms with Crippen LogP contribution in [0.3, 0.4) is 0 Å². The number of carbonyl (C=O) groups is 2. The molecule has 0 aliphatic carbocycles. The van der Waals surface area contributed by atoms with E-state index in [-0.39, 0.29) is 11.0 Å². The number of Topliss-reactive ketones (excluding diaryl/α,β-unsaturated/α-hetero) is 2. The van der Waals surface area contributed by atoms with Crippen LogP contribution in [0, 0.1) is 0 Å². The monoisotopic (exact) mass is 262 g/mol. The first-order valence-corrected chi connectivity index (χ1v) is 2.83. The van der Waals surface area contributed by atoms with E-state index < -0.39 is 30.1 Å². The number of alkyl halides is 7. The van der Waals surface area contributed by atoms with E-state index in [0.717, 1.165) is 0 Å². The summed E-state index contributed by atoms with van der Waals surface area (Å²) < 4.78 is 80.8. The van der Waals surface area contributed by atoms with E-state index in [2.05, 4.69) is 0 Å². The largest absolute Gasteiger partial charge is 0.456 e. The predicted octanol–water partition coefficient (Wildman–Crippen LogP) is -0.0621. The summed E-state index contributed by atoms with van der Waals surface area (Å²) in [4.78, 5) is 19.6. The number of ketones is 2. The lowest BCUT2D eigenvalue weighted by Gasteiger charge is -2.14. The molecule has 0 unspecified atom stereocenters. The molecule has 0 amide bonds. The number of hydrogen-bond acceptors (Lipinski definition) is 2. The maximum Gasteiger partial charge on any atom is 0.456 e. The Balaban J connectivity index is -0.000000845. The van der Waals surface area contributed by atoms with Crippen molar-refractivity contribution in [2.75, 3.05) is 0 Å². The molecule has 0 fully saturated rings. The number of hydrogen-bond donors (Lipinski definition) is 0. The maximum absolute atomic E-state index is 12.1. The minimum atomic E-state index is -6.03. The Morgan fingerprint density at radius 1 is 0.875 bits per heavy atom. The van der Waals surface area contributed by atoms with Gasteiger partial charge in [0.05, 0.1) is 0 Å². The summed E-state index contributed by atoms with van der Waals surface area (Å²) in [6.07, 6.45) is -10.4. The van der Waals surface area contributed by atoms with E-state index in [9.17, 15) is 40.3 Å². The van der Waals surface area contributed by atoms with E-state index in [4.69, 9.17) is 0 Å². The molecule has 4 nitrogen and oxygen atoms in total. The minimum absolute atomic E-state index is 0. The molecule has 0 atom stereocenters. The summed E-state index contributed by atoms with van der Waals surface area (Å²) >= 11 is 0. The van der Waals surface area contributed by atoms with Crippen LogP contribution in [0.15, 0.2) is 0 Å². The topological polar surface area (TPSA) is 97.1 Å². The van der Waals surface area contributed by atoms with E-state index >= 15 is 0 Å². The van der Waals surface area contributed by atoms with Crippen molar-refractivity contribution in [3.05, 3.63) is 0 Å². The second kappa shape index (κ2) is 5.75. The lowest BCUT2D eigenvalue weighted by molar-refractivity contribution is -0.199. The van der Waals surface area contributed by atoms with Gasteiger partial charge in [-0.2, -0.15) is 22.0 Å². The van der Waals surface area contributed by atoms with Crippen LogP contribution in [-0.2, 0) is 9.59 Å². The van der Waals surface area contributed by atoms with Crippen LogP contribution in [-0.4, -0.2) is 41.0 Å². The zero-order valence-electron chi connectivity index (χ0n) is 7.04. The van der Waals surface area contributed by atoms with Crippen LogP contribution in [0.25, 0.3) is 0 Å². The summed E-state index contributed by atoms with van der Waals surface area (Å²) in [5, 5.41) is 0. The van der Waals surface area contributed by atoms with E-state index in [1.54, 1.807) is 0 Å². The van der Waals surface area contributed by atoms with Gasteiger partial charge in [0.1, 0.15) is 0 Å². The predicted molar refractivity (Wildman–Crippen MR) is 34.2 cm³/mol. The van der Waals surface area contributed by atoms with Crippen molar-refractivity contribution >= 4 is 11.6 Å². The summed E-state index contributed by atoms with van der Waals surface area (Å²) in [7, 11) is 0. The molecule has 0 aromatic heterocycles. The van der Waals surface area contributed by atoms with Crippen molar-refractivity contribution in [2.24, 2.45) is 0 Å². The van der Waals surface area contributed by atoms with Crippen molar-refractivity contribution in [3.8, 4) is 0 Å². The van der Waals surface area contributed by atoms with Gasteiger partial charge in [0.2, 0.25) is 0 Å². The van der Waals surface area contributed by atoms with Crippen LogP contribution in [0.2, 0.25) is 0 Å². The molecule has 0 saturated carbocycles. The summed E-state index contributed by atoms with van der Waals surface area (Å²) in [5.41, 5.74) is 0. The van der Waals surface area contributed by atoms with Crippen molar-refractivity contribution in [1.82, 2.24) is 0 Å². The molecule has 0 bridgehead atoms. The maximum atomic E-state index is 12.1. The van der Waals surface area contributed by atoms with E-state index in [1.165, 1.54) is 0 Å². The standard InChI is InChI=1S/C5HF7O2.2H2O/c6-2(7)1(13)4(8,9)3(14)5(10,11)12;;/h2H;2*1H2. The lowest BCUT2D eigenvalue weighted by atomic mass is 10.1. The fourth-order valence-electron chi connectivity index (χ4n) is 0.427. The highest BCUT2D eigenvalue weighted by molar-refractivity contribution is 6.11. The van der Waals surface area contributed by atoms with Gasteiger partial charge in [0.15, 0.2) is 0 Å². The van der Waals surface area contributed by atoms with Crippen LogP contribution in [0.4, 0.5) is 30.7 Å². The van der Waals surface area contributed by atoms with Crippen molar-refractivity contribution in [2.45, 2.75) is 18.5 Å². The molecule has 0 aliphatic heterocycles.